The van der Waals surface area contributed by atoms with Crippen LogP contribution in [0.4, 0.5) is 4.79 Å². The summed E-state index contributed by atoms with van der Waals surface area (Å²) in [6.07, 6.45) is 0.163. The highest BCUT2D eigenvalue weighted by molar-refractivity contribution is 7.55. The number of carbonyl (C=O) groups excluding carboxylic acids is 1. The van der Waals surface area contributed by atoms with Gasteiger partial charge < -0.3 is 48.3 Å². The minimum Gasteiger partial charge on any atom is -0.393 e. The van der Waals surface area contributed by atoms with Crippen molar-refractivity contribution in [3.8, 4) is 5.88 Å². The molecule has 1 aromatic carbocycles. The molecule has 5 heterocycles. The molecule has 0 aliphatic carbocycles. The van der Waals surface area contributed by atoms with Crippen molar-refractivity contribution in [2.45, 2.75) is 102 Å². The van der Waals surface area contributed by atoms with Gasteiger partial charge in [0.25, 0.3) is 0 Å². The van der Waals surface area contributed by atoms with Crippen LogP contribution in [0.3, 0.4) is 0 Å². The number of aliphatic hydroxyl groups excluding tert-OH is 1. The fourth-order valence-corrected chi connectivity index (χ4v) is 9.24. The molecule has 4 aromatic rings. The number of nitrogens with two attached hydrogens (primary N) is 1. The van der Waals surface area contributed by atoms with Gasteiger partial charge in [-0.15, -0.1) is 15.0 Å². The van der Waals surface area contributed by atoms with Gasteiger partial charge in [0, 0.05) is 14.7 Å². The number of benzene rings is 1. The predicted octanol–water partition coefficient (Wildman–Crippen LogP) is 4.38. The first kappa shape index (κ1) is 43.6. The topological polar surface area (TPSA) is 241 Å². The Bertz CT molecular complexity index is 2090. The van der Waals surface area contributed by atoms with E-state index in [0.717, 1.165) is 11.6 Å². The van der Waals surface area contributed by atoms with Crippen molar-refractivity contribution < 1.29 is 51.9 Å². The van der Waals surface area contributed by atoms with Crippen molar-refractivity contribution >= 4 is 44.9 Å². The zero-order valence-electron chi connectivity index (χ0n) is 33.7. The molecule has 22 heteroatoms. The van der Waals surface area contributed by atoms with Crippen molar-refractivity contribution in [3.63, 3.8) is 0 Å². The number of aromatic nitrogens is 8. The van der Waals surface area contributed by atoms with Crippen LogP contribution in [-0.4, -0.2) is 122 Å². The molecule has 3 N–H and O–H groups in total. The Labute approximate surface area is 336 Å². The molecule has 2 aliphatic rings. The van der Waals surface area contributed by atoms with Crippen LogP contribution >= 0.6 is 7.60 Å². The first-order valence-electron chi connectivity index (χ1n) is 19.0. The molecule has 316 valence electrons. The monoisotopic (exact) mass is 845 g/mol. The van der Waals surface area contributed by atoms with Gasteiger partial charge in [0.2, 0.25) is 5.88 Å². The third-order valence-corrected chi connectivity index (χ3v) is 13.5. The minimum absolute atomic E-state index is 0.0104. The first-order chi connectivity index (χ1) is 27.6. The highest BCUT2D eigenvalue weighted by Crippen LogP contribution is 2.62. The molecule has 1 amide bonds. The van der Waals surface area contributed by atoms with Crippen LogP contribution in [0.5, 0.6) is 5.88 Å². The molecule has 3 aromatic heterocycles. The summed E-state index contributed by atoms with van der Waals surface area (Å²) in [5, 5.41) is 26.5. The van der Waals surface area contributed by atoms with Crippen molar-refractivity contribution in [3.05, 3.63) is 53.7 Å². The van der Waals surface area contributed by atoms with Gasteiger partial charge in [-0.2, -0.15) is 10.1 Å². The molecule has 0 radical (unpaired) electrons. The number of ether oxygens (including phenoxy) is 6. The largest absolute Gasteiger partial charge is 0.411 e. The normalized spacial score (nSPS) is 21.8. The number of hydrogen-bond donors (Lipinski definition) is 2. The smallest absolute Gasteiger partial charge is 0.393 e. The number of hydrogen-bond acceptors (Lipinski definition) is 17. The van der Waals surface area contributed by atoms with Gasteiger partial charge in [-0.3, -0.25) is 4.57 Å². The van der Waals surface area contributed by atoms with Gasteiger partial charge in [0.15, 0.2) is 41.4 Å². The standard InChI is InChI=1S/C36H52N9O11PSi/c1-8-51-57(48,52-9-2)36(22-46,19-28-41-43-44(42-28)23-49-17-18-58(5,6)7)50-21-26-29-30(56-35(3,4)55-29)33(53-26)45-31-25(20-38-45)32(54-34(37)47)40-27(39-31)16-15-24-13-11-10-12-14-24/h10-16,20,26,29-30,33,46H,8-9,17-19,21-23H2,1-7H3,(H2,37,47)/b16-15+/t26?,29-,30-,33-,36-/m1/s1. The Morgan fingerprint density at radius 3 is 2.48 bits per heavy atom. The van der Waals surface area contributed by atoms with Gasteiger partial charge in [0.05, 0.1) is 39.0 Å². The van der Waals surface area contributed by atoms with Crippen LogP contribution in [-0.2, 0) is 50.4 Å². The summed E-state index contributed by atoms with van der Waals surface area (Å²) in [6.45, 7) is 13.1. The summed E-state index contributed by atoms with van der Waals surface area (Å²) in [5.41, 5.74) is 6.54. The zero-order chi connectivity index (χ0) is 41.7. The van der Waals surface area contributed by atoms with Crippen LogP contribution in [0, 0.1) is 0 Å². The van der Waals surface area contributed by atoms with Crippen LogP contribution in [0.15, 0.2) is 36.5 Å². The molecule has 1 unspecified atom stereocenters. The molecule has 6 rings (SSSR count). The van der Waals surface area contributed by atoms with Gasteiger partial charge in [-0.1, -0.05) is 56.0 Å². The molecule has 2 aliphatic heterocycles. The highest BCUT2D eigenvalue weighted by atomic mass is 31.2. The Kier molecular flexibility index (Phi) is 13.6. The average Bonchev–Trinajstić information content (AvgIpc) is 3.94. The van der Waals surface area contributed by atoms with Crippen molar-refractivity contribution in [1.29, 1.82) is 0 Å². The van der Waals surface area contributed by atoms with Crippen molar-refractivity contribution in [2.24, 2.45) is 5.73 Å². The van der Waals surface area contributed by atoms with Gasteiger partial charge >= 0.3 is 13.7 Å². The molecule has 0 spiro atoms. The number of aliphatic hydroxyl groups is 1. The van der Waals surface area contributed by atoms with Crippen molar-refractivity contribution in [2.75, 3.05) is 33.0 Å². The molecule has 0 bridgehead atoms. The molecular formula is C36H52N9O11PSi. The second-order valence-electron chi connectivity index (χ2n) is 15.4. The van der Waals surface area contributed by atoms with E-state index >= 15 is 0 Å². The summed E-state index contributed by atoms with van der Waals surface area (Å²) in [5.74, 6) is -0.849. The molecule has 20 nitrogen and oxygen atoms in total. The molecule has 2 saturated heterocycles. The van der Waals surface area contributed by atoms with E-state index in [4.69, 9.17) is 48.2 Å². The summed E-state index contributed by atoms with van der Waals surface area (Å²) in [6, 6.07) is 10.5. The van der Waals surface area contributed by atoms with Gasteiger partial charge in [-0.05, 0) is 50.6 Å². The van der Waals surface area contributed by atoms with E-state index < -0.39 is 64.0 Å². The third-order valence-electron chi connectivity index (χ3n) is 9.22. The molecular weight excluding hydrogens is 794 g/mol. The van der Waals surface area contributed by atoms with Crippen molar-refractivity contribution in [1.82, 2.24) is 40.0 Å². The molecule has 5 atom stereocenters. The summed E-state index contributed by atoms with van der Waals surface area (Å²) >= 11 is 0. The first-order valence-corrected chi connectivity index (χ1v) is 24.3. The fraction of sp³-hybridized carbons (Fsp3) is 0.583. The quantitative estimate of drug-likeness (QED) is 0.0712. The Morgan fingerprint density at radius 2 is 1.81 bits per heavy atom. The maximum Gasteiger partial charge on any atom is 0.411 e. The lowest BCUT2D eigenvalue weighted by atomic mass is 10.1. The second-order valence-corrected chi connectivity index (χ2v) is 23.3. The molecule has 0 saturated carbocycles. The number of rotatable bonds is 20. The lowest BCUT2D eigenvalue weighted by molar-refractivity contribution is -0.207. The number of carbonyl (C=O) groups is 1. The Hall–Kier alpha value is -4.02. The van der Waals surface area contributed by atoms with Crippen LogP contribution in [0.2, 0.25) is 25.7 Å². The number of nitrogens with zero attached hydrogens (tertiary/aromatic N) is 8. The highest BCUT2D eigenvalue weighted by Gasteiger charge is 2.59. The second kappa shape index (κ2) is 18.1. The lowest BCUT2D eigenvalue weighted by Gasteiger charge is -2.37. The van der Waals surface area contributed by atoms with E-state index in [1.165, 1.54) is 15.7 Å². The maximum absolute atomic E-state index is 14.6. The van der Waals surface area contributed by atoms with Crippen LogP contribution < -0.4 is 10.5 Å². The van der Waals surface area contributed by atoms with Gasteiger partial charge in [0.1, 0.15) is 23.7 Å². The van der Waals surface area contributed by atoms with E-state index in [1.54, 1.807) is 39.8 Å². The van der Waals surface area contributed by atoms with Crippen LogP contribution in [0.25, 0.3) is 23.2 Å². The van der Waals surface area contributed by atoms with E-state index in [-0.39, 0.29) is 61.5 Å². The fourth-order valence-electron chi connectivity index (χ4n) is 6.51. The van der Waals surface area contributed by atoms with Gasteiger partial charge in [-0.25, -0.2) is 14.5 Å². The summed E-state index contributed by atoms with van der Waals surface area (Å²) in [4.78, 5) is 22.3. The molecule has 58 heavy (non-hydrogen) atoms. The van der Waals surface area contributed by atoms with E-state index in [9.17, 15) is 14.5 Å². The summed E-state index contributed by atoms with van der Waals surface area (Å²) in [7, 11) is -5.57. The lowest BCUT2D eigenvalue weighted by Crippen LogP contribution is -2.44. The molecule has 2 fully saturated rings. The van der Waals surface area contributed by atoms with E-state index in [0.29, 0.717) is 6.61 Å². The maximum atomic E-state index is 14.6. The third kappa shape index (κ3) is 10.0. The Morgan fingerprint density at radius 1 is 1.09 bits per heavy atom. The number of primary amides is 1. The van der Waals surface area contributed by atoms with E-state index in [2.05, 4.69) is 45.1 Å². The van der Waals surface area contributed by atoms with Crippen LogP contribution in [0.1, 0.15) is 51.1 Å². The average molecular weight is 846 g/mol. The zero-order valence-corrected chi connectivity index (χ0v) is 35.6. The Balaban J connectivity index is 1.29. The summed E-state index contributed by atoms with van der Waals surface area (Å²) < 4.78 is 64.3. The number of fused-ring (bicyclic) bond motifs is 2. The number of tetrazole rings is 1. The predicted molar refractivity (Wildman–Crippen MR) is 211 cm³/mol. The SMILES string of the molecule is CCOP(=O)(OCC)[C@@](CO)(Cc1nnn(COCC[Si](C)(C)C)n1)OCC1O[C@@H](n2ncc3c(OC(N)=O)nc(/C=C/c4ccccc4)nc32)[C@@H]2OC(C)(C)O[C@H]12. The number of amides is 1. The minimum atomic E-state index is -4.26. The van der Waals surface area contributed by atoms with E-state index in [1.807, 2.05) is 30.3 Å².